The minimum atomic E-state index is -4.40. The van der Waals surface area contributed by atoms with E-state index in [4.69, 9.17) is 0 Å². The smallest absolute Gasteiger partial charge is 0.416 e. The van der Waals surface area contributed by atoms with Crippen molar-refractivity contribution in [2.45, 2.75) is 12.2 Å². The molecule has 1 saturated heterocycles. The van der Waals surface area contributed by atoms with Gasteiger partial charge in [0.2, 0.25) is 0 Å². The number of nitrogens with one attached hydrogen (secondary N) is 1. The number of rotatable bonds is 1. The molecule has 92 valence electrons. The van der Waals surface area contributed by atoms with Crippen molar-refractivity contribution in [3.63, 3.8) is 0 Å². The molecule has 0 unspecified atom stereocenters. The maximum absolute atomic E-state index is 12.5. The number of carbonyl (C=O) groups is 1. The summed E-state index contributed by atoms with van der Waals surface area (Å²) in [6.45, 7) is 0.0265. The summed E-state index contributed by atoms with van der Waals surface area (Å²) in [5.41, 5.74) is -0.400. The Morgan fingerprint density at radius 2 is 2.12 bits per heavy atom. The minimum absolute atomic E-state index is 0.0265. The van der Waals surface area contributed by atoms with E-state index in [1.54, 1.807) is 0 Å². The third-order valence-electron chi connectivity index (χ3n) is 2.37. The molecule has 3 nitrogen and oxygen atoms in total. The summed E-state index contributed by atoms with van der Waals surface area (Å²) in [4.78, 5) is 10.8. The molecule has 1 amide bonds. The molecule has 7 heteroatoms. The number of halogens is 4. The zero-order valence-electron chi connectivity index (χ0n) is 8.34. The van der Waals surface area contributed by atoms with Crippen molar-refractivity contribution in [1.29, 1.82) is 0 Å². The largest absolute Gasteiger partial charge is 0.447 e. The average Bonchev–Trinajstić information content (AvgIpc) is 2.63. The van der Waals surface area contributed by atoms with Crippen molar-refractivity contribution >= 4 is 22.0 Å². The van der Waals surface area contributed by atoms with Crippen LogP contribution in [0.5, 0.6) is 0 Å². The number of hydrogen-bond donors (Lipinski definition) is 1. The number of benzene rings is 1. The lowest BCUT2D eigenvalue weighted by atomic mass is 10.0. The third-order valence-corrected chi connectivity index (χ3v) is 3.09. The molecule has 1 aliphatic rings. The van der Waals surface area contributed by atoms with E-state index in [2.05, 4.69) is 26.0 Å². The molecule has 1 N–H and O–H groups in total. The standard InChI is InChI=1S/C10H7BrF3NO2/c11-7-2-1-5(10(12,13)14)3-6(7)8-4-17-9(16)15-8/h1-3,8H,4H2,(H,15,16)/t8-/m1/s1. The number of alkyl halides is 3. The highest BCUT2D eigenvalue weighted by atomic mass is 79.9. The predicted molar refractivity (Wildman–Crippen MR) is 56.4 cm³/mol. The van der Waals surface area contributed by atoms with Gasteiger partial charge in [-0.2, -0.15) is 13.2 Å². The summed E-state index contributed by atoms with van der Waals surface area (Å²) in [6.07, 6.45) is -5.03. The van der Waals surface area contributed by atoms with Gasteiger partial charge in [0.25, 0.3) is 0 Å². The number of alkyl carbamates (subject to hydrolysis) is 1. The molecule has 1 aliphatic heterocycles. The molecule has 0 bridgehead atoms. The Bertz CT molecular complexity index is 461. The van der Waals surface area contributed by atoms with Gasteiger partial charge < -0.3 is 10.1 Å². The Morgan fingerprint density at radius 3 is 2.65 bits per heavy atom. The highest BCUT2D eigenvalue weighted by Gasteiger charge is 2.33. The summed E-state index contributed by atoms with van der Waals surface area (Å²) < 4.78 is 42.7. The molecule has 0 aromatic heterocycles. The van der Waals surface area contributed by atoms with Gasteiger partial charge in [0.15, 0.2) is 0 Å². The Kier molecular flexibility index (Phi) is 3.03. The molecule has 0 spiro atoms. The van der Waals surface area contributed by atoms with Crippen LogP contribution in [0.4, 0.5) is 18.0 Å². The second-order valence-corrected chi connectivity index (χ2v) is 4.38. The molecule has 0 saturated carbocycles. The van der Waals surface area contributed by atoms with Crippen LogP contribution >= 0.6 is 15.9 Å². The summed E-state index contributed by atoms with van der Waals surface area (Å²) in [6, 6.07) is 2.73. The number of carbonyl (C=O) groups excluding carboxylic acids is 1. The fourth-order valence-corrected chi connectivity index (χ4v) is 2.06. The van der Waals surface area contributed by atoms with Crippen LogP contribution in [0.3, 0.4) is 0 Å². The fourth-order valence-electron chi connectivity index (χ4n) is 1.54. The summed E-state index contributed by atoms with van der Waals surface area (Å²) in [5, 5.41) is 2.43. The van der Waals surface area contributed by atoms with Crippen LogP contribution in [-0.4, -0.2) is 12.7 Å². The number of hydrogen-bond acceptors (Lipinski definition) is 2. The first-order chi connectivity index (χ1) is 7.88. The normalized spacial score (nSPS) is 20.0. The van der Waals surface area contributed by atoms with E-state index in [1.807, 2.05) is 0 Å². The summed E-state index contributed by atoms with van der Waals surface area (Å²) in [5.74, 6) is 0. The van der Waals surface area contributed by atoms with Gasteiger partial charge in [-0.1, -0.05) is 15.9 Å². The van der Waals surface area contributed by atoms with E-state index in [0.717, 1.165) is 12.1 Å². The molecule has 1 atom stereocenters. The topological polar surface area (TPSA) is 38.3 Å². The first-order valence-electron chi connectivity index (χ1n) is 4.68. The second kappa shape index (κ2) is 4.21. The van der Waals surface area contributed by atoms with Gasteiger partial charge >= 0.3 is 12.3 Å². The zero-order valence-corrected chi connectivity index (χ0v) is 9.93. The summed E-state index contributed by atoms with van der Waals surface area (Å²) >= 11 is 3.15. The van der Waals surface area contributed by atoms with Gasteiger partial charge in [-0.05, 0) is 23.8 Å². The predicted octanol–water partition coefficient (Wildman–Crippen LogP) is 3.25. The van der Waals surface area contributed by atoms with Crippen LogP contribution < -0.4 is 5.32 Å². The molecular weight excluding hydrogens is 303 g/mol. The van der Waals surface area contributed by atoms with Crippen LogP contribution in [0.2, 0.25) is 0 Å². The number of ether oxygens (including phenoxy) is 1. The van der Waals surface area contributed by atoms with Crippen molar-refractivity contribution in [2.75, 3.05) is 6.61 Å². The number of cyclic esters (lactones) is 1. The Labute approximate surface area is 103 Å². The first kappa shape index (κ1) is 12.2. The van der Waals surface area contributed by atoms with Gasteiger partial charge in [0, 0.05) is 4.47 Å². The maximum Gasteiger partial charge on any atom is 0.416 e. The van der Waals surface area contributed by atoms with E-state index in [9.17, 15) is 18.0 Å². The van der Waals surface area contributed by atoms with Gasteiger partial charge in [-0.25, -0.2) is 4.79 Å². The third kappa shape index (κ3) is 2.54. The van der Waals surface area contributed by atoms with E-state index in [-0.39, 0.29) is 6.61 Å². The van der Waals surface area contributed by atoms with Crippen molar-refractivity contribution in [3.8, 4) is 0 Å². The molecule has 0 aliphatic carbocycles. The molecule has 0 radical (unpaired) electrons. The molecule has 1 fully saturated rings. The lowest BCUT2D eigenvalue weighted by molar-refractivity contribution is -0.137. The summed E-state index contributed by atoms with van der Waals surface area (Å²) in [7, 11) is 0. The molecule has 1 aromatic carbocycles. The van der Waals surface area contributed by atoms with Crippen LogP contribution in [-0.2, 0) is 10.9 Å². The Hall–Kier alpha value is -1.24. The highest BCUT2D eigenvalue weighted by Crippen LogP contribution is 2.34. The van der Waals surface area contributed by atoms with Crippen molar-refractivity contribution in [3.05, 3.63) is 33.8 Å². The van der Waals surface area contributed by atoms with Crippen molar-refractivity contribution in [2.24, 2.45) is 0 Å². The molecule has 17 heavy (non-hydrogen) atoms. The lowest BCUT2D eigenvalue weighted by Gasteiger charge is -2.13. The lowest BCUT2D eigenvalue weighted by Crippen LogP contribution is -2.19. The van der Waals surface area contributed by atoms with E-state index in [0.29, 0.717) is 10.0 Å². The molecule has 1 heterocycles. The zero-order chi connectivity index (χ0) is 12.6. The van der Waals surface area contributed by atoms with Crippen LogP contribution in [0.15, 0.2) is 22.7 Å². The van der Waals surface area contributed by atoms with Crippen molar-refractivity contribution < 1.29 is 22.7 Å². The number of amides is 1. The molecule has 1 aromatic rings. The minimum Gasteiger partial charge on any atom is -0.447 e. The van der Waals surface area contributed by atoms with Gasteiger partial charge in [-0.3, -0.25) is 0 Å². The second-order valence-electron chi connectivity index (χ2n) is 3.53. The van der Waals surface area contributed by atoms with E-state index >= 15 is 0 Å². The van der Waals surface area contributed by atoms with Gasteiger partial charge in [0.05, 0.1) is 11.6 Å². The van der Waals surface area contributed by atoms with Crippen LogP contribution in [0.25, 0.3) is 0 Å². The van der Waals surface area contributed by atoms with Crippen LogP contribution in [0.1, 0.15) is 17.2 Å². The van der Waals surface area contributed by atoms with Gasteiger partial charge in [-0.15, -0.1) is 0 Å². The van der Waals surface area contributed by atoms with E-state index < -0.39 is 23.9 Å². The van der Waals surface area contributed by atoms with Gasteiger partial charge in [0.1, 0.15) is 6.61 Å². The van der Waals surface area contributed by atoms with Crippen LogP contribution in [0, 0.1) is 0 Å². The fraction of sp³-hybridized carbons (Fsp3) is 0.300. The highest BCUT2D eigenvalue weighted by molar-refractivity contribution is 9.10. The first-order valence-corrected chi connectivity index (χ1v) is 5.47. The Balaban J connectivity index is 2.36. The monoisotopic (exact) mass is 309 g/mol. The molecular formula is C10H7BrF3NO2. The van der Waals surface area contributed by atoms with Crippen molar-refractivity contribution in [1.82, 2.24) is 5.32 Å². The quantitative estimate of drug-likeness (QED) is 0.865. The maximum atomic E-state index is 12.5. The Morgan fingerprint density at radius 1 is 1.41 bits per heavy atom. The average molecular weight is 310 g/mol. The SMILES string of the molecule is O=C1N[C@@H](c2cc(C(F)(F)F)ccc2Br)CO1. The molecule has 2 rings (SSSR count). The van der Waals surface area contributed by atoms with E-state index in [1.165, 1.54) is 6.07 Å².